The molecule has 482 valence electrons. The summed E-state index contributed by atoms with van der Waals surface area (Å²) in [5.74, 6) is -0.826. The van der Waals surface area contributed by atoms with Crippen LogP contribution >= 0.6 is 7.82 Å². The van der Waals surface area contributed by atoms with Crippen LogP contribution in [-0.2, 0) is 32.7 Å². The van der Waals surface area contributed by atoms with Crippen LogP contribution in [0.4, 0.5) is 0 Å². The first kappa shape index (κ1) is 80.2. The van der Waals surface area contributed by atoms with Crippen molar-refractivity contribution in [3.05, 3.63) is 85.1 Å². The SMILES string of the molecule is CC/C=C\C/C=C\C/C=C\C/C=C\C/C=C\C/C=C\CCCCCCCCCCCCCCCCCCCCCCCCC(=O)OC(COC(=O)CCCCCCCCC/C=C\CCCCCCCCC)COP(=O)([O-])OCC[N+](C)(C)C. The highest BCUT2D eigenvalue weighted by Gasteiger charge is 2.22. The number of unbranched alkanes of at least 4 members (excludes halogenated alkanes) is 36. The highest BCUT2D eigenvalue weighted by molar-refractivity contribution is 7.45. The summed E-state index contributed by atoms with van der Waals surface area (Å²) in [7, 11) is 1.17. The Kier molecular flexibility index (Phi) is 61.5. The number of carbonyl (C=O) groups is 2. The summed E-state index contributed by atoms with van der Waals surface area (Å²) in [5, 5.41) is 0. The second-order valence-electron chi connectivity index (χ2n) is 24.5. The fourth-order valence-corrected chi connectivity index (χ4v) is 10.6. The van der Waals surface area contributed by atoms with Crippen LogP contribution in [0, 0.1) is 0 Å². The summed E-state index contributed by atoms with van der Waals surface area (Å²) in [6.45, 7) is 4.15. The molecular formula is C73H132NO8P. The summed E-state index contributed by atoms with van der Waals surface area (Å²) in [6, 6.07) is 0. The van der Waals surface area contributed by atoms with Crippen molar-refractivity contribution in [1.29, 1.82) is 0 Å². The van der Waals surface area contributed by atoms with Crippen LogP contribution < -0.4 is 4.89 Å². The third-order valence-corrected chi connectivity index (χ3v) is 16.1. The van der Waals surface area contributed by atoms with E-state index in [-0.39, 0.29) is 32.0 Å². The first-order chi connectivity index (χ1) is 40.5. The number of hydrogen-bond donors (Lipinski definition) is 0. The number of ether oxygens (including phenoxy) is 2. The van der Waals surface area contributed by atoms with Crippen molar-refractivity contribution in [3.63, 3.8) is 0 Å². The number of phosphoric acid groups is 1. The summed E-state index contributed by atoms with van der Waals surface area (Å²) >= 11 is 0. The molecule has 0 saturated carbocycles. The molecule has 0 heterocycles. The van der Waals surface area contributed by atoms with E-state index in [0.29, 0.717) is 17.4 Å². The maximum Gasteiger partial charge on any atom is 0.306 e. The summed E-state index contributed by atoms with van der Waals surface area (Å²) in [4.78, 5) is 38.0. The van der Waals surface area contributed by atoms with E-state index in [9.17, 15) is 19.0 Å². The summed E-state index contributed by atoms with van der Waals surface area (Å²) < 4.78 is 34.3. The minimum Gasteiger partial charge on any atom is -0.756 e. The Labute approximate surface area is 513 Å². The molecule has 2 unspecified atom stereocenters. The lowest BCUT2D eigenvalue weighted by molar-refractivity contribution is -0.870. The molecule has 0 aliphatic rings. The van der Waals surface area contributed by atoms with E-state index >= 15 is 0 Å². The number of allylic oxidation sites excluding steroid dienone is 14. The van der Waals surface area contributed by atoms with Gasteiger partial charge in [-0.2, -0.15) is 0 Å². The minimum atomic E-state index is -4.64. The van der Waals surface area contributed by atoms with Crippen molar-refractivity contribution in [2.45, 2.75) is 322 Å². The van der Waals surface area contributed by atoms with Crippen LogP contribution in [0.5, 0.6) is 0 Å². The molecule has 0 bridgehead atoms. The standard InChI is InChI=1S/C73H132NO8P/c1-6-8-10-12-14-16-18-20-22-24-26-27-28-29-30-31-32-33-34-35-36-37-38-39-40-41-42-43-44-45-46-47-48-50-52-54-56-58-60-62-64-66-73(76)82-71(70-81-83(77,78)80-68-67-74(3,4)5)69-79-72(75)65-63-61-59-57-55-53-51-49-25-23-21-19-17-15-13-11-9-7-2/h8,10,14,16,20,22-23,25-27,29-30,32-33,71H,6-7,9,11-13,15,17-19,21,24,28,31,34-70H2,1-5H3/b10-8-,16-14-,22-20-,25-23-,27-26-,30-29-,33-32-. The van der Waals surface area contributed by atoms with Gasteiger partial charge in [-0.05, 0) is 89.9 Å². The Morgan fingerprint density at radius 2 is 0.687 bits per heavy atom. The van der Waals surface area contributed by atoms with Gasteiger partial charge in [0, 0.05) is 12.8 Å². The number of quaternary nitrogens is 1. The van der Waals surface area contributed by atoms with Crippen molar-refractivity contribution >= 4 is 19.8 Å². The second kappa shape index (κ2) is 63.7. The van der Waals surface area contributed by atoms with Gasteiger partial charge in [-0.15, -0.1) is 0 Å². The topological polar surface area (TPSA) is 111 Å². The van der Waals surface area contributed by atoms with Gasteiger partial charge in [0.25, 0.3) is 7.82 Å². The van der Waals surface area contributed by atoms with E-state index in [1.165, 1.54) is 193 Å². The molecule has 0 rings (SSSR count). The van der Waals surface area contributed by atoms with Crippen molar-refractivity contribution in [2.24, 2.45) is 0 Å². The highest BCUT2D eigenvalue weighted by atomic mass is 31.2. The first-order valence-electron chi connectivity index (χ1n) is 34.8. The Morgan fingerprint density at radius 3 is 1.04 bits per heavy atom. The number of hydrogen-bond acceptors (Lipinski definition) is 8. The zero-order valence-electron chi connectivity index (χ0n) is 54.9. The lowest BCUT2D eigenvalue weighted by atomic mass is 10.0. The molecule has 9 nitrogen and oxygen atoms in total. The van der Waals surface area contributed by atoms with Crippen molar-refractivity contribution in [1.82, 2.24) is 0 Å². The maximum absolute atomic E-state index is 12.8. The van der Waals surface area contributed by atoms with Gasteiger partial charge in [-0.1, -0.05) is 298 Å². The number of rotatable bonds is 64. The predicted molar refractivity (Wildman–Crippen MR) is 356 cm³/mol. The Morgan fingerprint density at radius 1 is 0.386 bits per heavy atom. The molecule has 0 fully saturated rings. The molecule has 10 heteroatoms. The maximum atomic E-state index is 12.8. The van der Waals surface area contributed by atoms with Crippen molar-refractivity contribution < 1.29 is 42.1 Å². The minimum absolute atomic E-state index is 0.0313. The average Bonchev–Trinajstić information content (AvgIpc) is 3.48. The van der Waals surface area contributed by atoms with Gasteiger partial charge in [0.1, 0.15) is 19.8 Å². The molecule has 0 aromatic carbocycles. The van der Waals surface area contributed by atoms with Crippen LogP contribution in [0.15, 0.2) is 85.1 Å². The Bertz CT molecular complexity index is 1680. The highest BCUT2D eigenvalue weighted by Crippen LogP contribution is 2.38. The van der Waals surface area contributed by atoms with Gasteiger partial charge in [0.15, 0.2) is 6.10 Å². The van der Waals surface area contributed by atoms with Crippen molar-refractivity contribution in [3.8, 4) is 0 Å². The lowest BCUT2D eigenvalue weighted by Gasteiger charge is -2.28. The first-order valence-corrected chi connectivity index (χ1v) is 36.3. The fourth-order valence-electron chi connectivity index (χ4n) is 9.83. The molecule has 0 aliphatic heterocycles. The molecule has 0 radical (unpaired) electrons. The molecule has 0 aromatic rings. The van der Waals surface area contributed by atoms with E-state index in [0.717, 1.165) is 89.9 Å². The van der Waals surface area contributed by atoms with E-state index < -0.39 is 26.5 Å². The van der Waals surface area contributed by atoms with Gasteiger partial charge in [0.2, 0.25) is 0 Å². The largest absolute Gasteiger partial charge is 0.756 e. The van der Waals surface area contributed by atoms with E-state index in [4.69, 9.17) is 18.5 Å². The van der Waals surface area contributed by atoms with Crippen LogP contribution in [-0.4, -0.2) is 70.0 Å². The number of nitrogens with zero attached hydrogens (tertiary/aromatic N) is 1. The predicted octanol–water partition coefficient (Wildman–Crippen LogP) is 21.9. The van der Waals surface area contributed by atoms with Crippen LogP contribution in [0.3, 0.4) is 0 Å². The number of carbonyl (C=O) groups excluding carboxylic acids is 2. The summed E-state index contributed by atoms with van der Waals surface area (Å²) in [5.41, 5.74) is 0. The number of likely N-dealkylation sites (N-methyl/N-ethyl adjacent to an activating group) is 1. The van der Waals surface area contributed by atoms with E-state index in [1.54, 1.807) is 0 Å². The molecule has 0 N–H and O–H groups in total. The van der Waals surface area contributed by atoms with Gasteiger partial charge >= 0.3 is 11.9 Å². The van der Waals surface area contributed by atoms with Gasteiger partial charge < -0.3 is 27.9 Å². The van der Waals surface area contributed by atoms with Crippen LogP contribution in [0.2, 0.25) is 0 Å². The molecule has 0 aliphatic carbocycles. The van der Waals surface area contributed by atoms with Crippen LogP contribution in [0.25, 0.3) is 0 Å². The zero-order valence-corrected chi connectivity index (χ0v) is 55.8. The molecule has 0 spiro atoms. The van der Waals surface area contributed by atoms with Crippen LogP contribution in [0.1, 0.15) is 316 Å². The molecule has 0 saturated heterocycles. The fraction of sp³-hybridized carbons (Fsp3) is 0.781. The van der Waals surface area contributed by atoms with E-state index in [2.05, 4.69) is 98.9 Å². The monoisotopic (exact) mass is 1180 g/mol. The zero-order chi connectivity index (χ0) is 60.5. The summed E-state index contributed by atoms with van der Waals surface area (Å²) in [6.07, 6.45) is 86.7. The third kappa shape index (κ3) is 68.2. The van der Waals surface area contributed by atoms with Gasteiger partial charge in [-0.25, -0.2) is 0 Å². The molecular weight excluding hydrogens is 1050 g/mol. The Balaban J connectivity index is 3.93. The average molecular weight is 1180 g/mol. The number of phosphoric ester groups is 1. The smallest absolute Gasteiger partial charge is 0.306 e. The molecule has 83 heavy (non-hydrogen) atoms. The van der Waals surface area contributed by atoms with E-state index in [1.807, 2.05) is 21.1 Å². The van der Waals surface area contributed by atoms with Gasteiger partial charge in [0.05, 0.1) is 27.7 Å². The molecule has 0 amide bonds. The lowest BCUT2D eigenvalue weighted by Crippen LogP contribution is -2.37. The molecule has 0 aromatic heterocycles. The van der Waals surface area contributed by atoms with Gasteiger partial charge in [-0.3, -0.25) is 14.2 Å². The number of esters is 2. The quantitative estimate of drug-likeness (QED) is 0.0195. The third-order valence-electron chi connectivity index (χ3n) is 15.1. The molecule has 2 atom stereocenters. The van der Waals surface area contributed by atoms with Crippen molar-refractivity contribution in [2.75, 3.05) is 47.5 Å². The Hall–Kier alpha value is -2.81. The normalized spacial score (nSPS) is 13.7. The second-order valence-corrected chi connectivity index (χ2v) is 25.9.